The fraction of sp³-hybridized carbons (Fsp3) is 0.217. The number of nitrogens with zero attached hydrogens (tertiary/aromatic N) is 1. The van der Waals surface area contributed by atoms with Gasteiger partial charge in [0.1, 0.15) is 5.82 Å². The van der Waals surface area contributed by atoms with Crippen LogP contribution in [0, 0.1) is 0 Å². The average Bonchev–Trinajstić information content (AvgIpc) is 2.75. The van der Waals surface area contributed by atoms with Gasteiger partial charge < -0.3 is 16.0 Å². The number of anilines is 4. The zero-order valence-corrected chi connectivity index (χ0v) is 18.3. The van der Waals surface area contributed by atoms with E-state index in [1.165, 1.54) is 0 Å². The molecule has 3 aromatic rings. The molecule has 1 aromatic heterocycles. The first kappa shape index (κ1) is 21.6. The van der Waals surface area contributed by atoms with E-state index in [2.05, 4.69) is 39.8 Å². The molecule has 1 aliphatic rings. The summed E-state index contributed by atoms with van der Waals surface area (Å²) in [6.45, 7) is 4.17. The maximum absolute atomic E-state index is 13.0. The topological polar surface area (TPSA) is 116 Å². The molecule has 2 heterocycles. The molecule has 4 rings (SSSR count). The molecular formula is C23H22ClN5O3. The molecule has 1 atom stereocenters. The van der Waals surface area contributed by atoms with Gasteiger partial charge in [0.2, 0.25) is 17.8 Å². The lowest BCUT2D eigenvalue weighted by Gasteiger charge is -2.23. The van der Waals surface area contributed by atoms with Crippen LogP contribution in [0.2, 0.25) is 5.02 Å². The summed E-state index contributed by atoms with van der Waals surface area (Å²) in [7, 11) is 0. The van der Waals surface area contributed by atoms with Crippen molar-refractivity contribution in [1.29, 1.82) is 0 Å². The average molecular weight is 452 g/mol. The van der Waals surface area contributed by atoms with E-state index in [0.29, 0.717) is 22.3 Å². The van der Waals surface area contributed by atoms with Crippen LogP contribution < -0.4 is 21.5 Å². The molecule has 8 nitrogen and oxygen atoms in total. The van der Waals surface area contributed by atoms with Gasteiger partial charge in [0.15, 0.2) is 0 Å². The smallest absolute Gasteiger partial charge is 0.258 e. The second-order valence-electron chi connectivity index (χ2n) is 7.88. The van der Waals surface area contributed by atoms with Crippen LogP contribution in [0.25, 0.3) is 0 Å². The minimum atomic E-state index is -0.954. The Balaban J connectivity index is 1.59. The van der Waals surface area contributed by atoms with Crippen LogP contribution in [0.3, 0.4) is 0 Å². The van der Waals surface area contributed by atoms with Gasteiger partial charge in [-0.15, -0.1) is 0 Å². The van der Waals surface area contributed by atoms with E-state index in [1.807, 2.05) is 12.1 Å². The number of aromatic amines is 1. The molecule has 0 unspecified atom stereocenters. The summed E-state index contributed by atoms with van der Waals surface area (Å²) in [5.74, 6) is -1.20. The number of nitrogens with one attached hydrogen (secondary N) is 4. The fourth-order valence-electron chi connectivity index (χ4n) is 3.51. The van der Waals surface area contributed by atoms with Gasteiger partial charge in [-0.2, -0.15) is 4.98 Å². The van der Waals surface area contributed by atoms with Crippen LogP contribution in [0.15, 0.2) is 53.3 Å². The standard InChI is InChI=1S/C23H22ClN5O3/c1-12(2)13-3-7-15(8-4-13)25-21(31)17-11-18(30)27-20-19(17)22(32)29-23(28-20)26-16-9-5-14(24)6-10-16/h3-10,12,17H,11H2,1-2H3,(H,25,31)(H3,26,27,28,29,30,32)/t17-/m0/s1. The van der Waals surface area contributed by atoms with Crippen LogP contribution in [0.5, 0.6) is 0 Å². The molecule has 32 heavy (non-hydrogen) atoms. The summed E-state index contributed by atoms with van der Waals surface area (Å²) in [6, 6.07) is 14.3. The van der Waals surface area contributed by atoms with Crippen molar-refractivity contribution in [3.8, 4) is 0 Å². The van der Waals surface area contributed by atoms with Gasteiger partial charge in [-0.05, 0) is 47.9 Å². The Labute approximate surface area is 189 Å². The van der Waals surface area contributed by atoms with Gasteiger partial charge in [-0.25, -0.2) is 0 Å². The number of amides is 2. The summed E-state index contributed by atoms with van der Waals surface area (Å²) in [4.78, 5) is 45.0. The second kappa shape index (κ2) is 8.84. The van der Waals surface area contributed by atoms with E-state index in [4.69, 9.17) is 11.6 Å². The largest absolute Gasteiger partial charge is 0.326 e. The van der Waals surface area contributed by atoms with Crippen LogP contribution >= 0.6 is 11.6 Å². The van der Waals surface area contributed by atoms with Gasteiger partial charge in [-0.3, -0.25) is 19.4 Å². The van der Waals surface area contributed by atoms with E-state index in [1.54, 1.807) is 36.4 Å². The van der Waals surface area contributed by atoms with Crippen molar-refractivity contribution in [2.24, 2.45) is 0 Å². The maximum atomic E-state index is 13.0. The third-order valence-corrected chi connectivity index (χ3v) is 5.47. The van der Waals surface area contributed by atoms with Crippen molar-refractivity contribution in [2.45, 2.75) is 32.1 Å². The summed E-state index contributed by atoms with van der Waals surface area (Å²) in [5, 5.41) is 8.92. The minimum absolute atomic E-state index is 0.0665. The number of aromatic nitrogens is 2. The first-order valence-corrected chi connectivity index (χ1v) is 10.6. The Hall–Kier alpha value is -3.65. The van der Waals surface area contributed by atoms with Crippen LogP contribution in [-0.4, -0.2) is 21.8 Å². The summed E-state index contributed by atoms with van der Waals surface area (Å²) < 4.78 is 0. The molecular weight excluding hydrogens is 430 g/mol. The fourth-order valence-corrected chi connectivity index (χ4v) is 3.63. The van der Waals surface area contributed by atoms with Crippen molar-refractivity contribution in [2.75, 3.05) is 16.0 Å². The van der Waals surface area contributed by atoms with Crippen molar-refractivity contribution in [3.05, 3.63) is 75.0 Å². The van der Waals surface area contributed by atoms with Crippen LogP contribution in [-0.2, 0) is 9.59 Å². The third kappa shape index (κ3) is 4.65. The van der Waals surface area contributed by atoms with Gasteiger partial charge in [0.05, 0.1) is 11.5 Å². The van der Waals surface area contributed by atoms with Gasteiger partial charge in [0, 0.05) is 22.8 Å². The van der Waals surface area contributed by atoms with Gasteiger partial charge in [-0.1, -0.05) is 37.6 Å². The molecule has 4 N–H and O–H groups in total. The predicted octanol–water partition coefficient (Wildman–Crippen LogP) is 4.35. The summed E-state index contributed by atoms with van der Waals surface area (Å²) in [6.07, 6.45) is -0.141. The van der Waals surface area contributed by atoms with E-state index in [-0.39, 0.29) is 29.7 Å². The summed E-state index contributed by atoms with van der Waals surface area (Å²) in [5.41, 5.74) is 2.02. The maximum Gasteiger partial charge on any atom is 0.258 e. The molecule has 0 saturated heterocycles. The Morgan fingerprint density at radius 3 is 2.38 bits per heavy atom. The molecule has 164 valence electrons. The highest BCUT2D eigenvalue weighted by molar-refractivity contribution is 6.30. The molecule has 2 aromatic carbocycles. The normalized spacial score (nSPS) is 15.1. The molecule has 9 heteroatoms. The summed E-state index contributed by atoms with van der Waals surface area (Å²) >= 11 is 5.89. The zero-order valence-electron chi connectivity index (χ0n) is 17.5. The number of H-pyrrole nitrogens is 1. The van der Waals surface area contributed by atoms with Crippen molar-refractivity contribution >= 4 is 46.6 Å². The van der Waals surface area contributed by atoms with E-state index in [9.17, 15) is 14.4 Å². The molecule has 0 radical (unpaired) electrons. The van der Waals surface area contributed by atoms with E-state index >= 15 is 0 Å². The molecule has 1 aliphatic heterocycles. The Bertz CT molecular complexity index is 1220. The number of carbonyl (C=O) groups excluding carboxylic acids is 2. The highest BCUT2D eigenvalue weighted by Gasteiger charge is 2.34. The monoisotopic (exact) mass is 451 g/mol. The van der Waals surface area contributed by atoms with Crippen molar-refractivity contribution < 1.29 is 9.59 Å². The van der Waals surface area contributed by atoms with Gasteiger partial charge >= 0.3 is 0 Å². The highest BCUT2D eigenvalue weighted by Crippen LogP contribution is 2.30. The SMILES string of the molecule is CC(C)c1ccc(NC(=O)[C@H]2CC(=O)Nc3nc(Nc4ccc(Cl)cc4)[nH]c(=O)c32)cc1. The Morgan fingerprint density at radius 2 is 1.72 bits per heavy atom. The number of benzene rings is 2. The lowest BCUT2D eigenvalue weighted by atomic mass is 9.92. The quantitative estimate of drug-likeness (QED) is 0.460. The van der Waals surface area contributed by atoms with Crippen LogP contribution in [0.4, 0.5) is 23.1 Å². The molecule has 2 amide bonds. The van der Waals surface area contributed by atoms with Crippen molar-refractivity contribution in [1.82, 2.24) is 9.97 Å². The van der Waals surface area contributed by atoms with Gasteiger partial charge in [0.25, 0.3) is 5.56 Å². The highest BCUT2D eigenvalue weighted by atomic mass is 35.5. The lowest BCUT2D eigenvalue weighted by molar-refractivity contribution is -0.123. The van der Waals surface area contributed by atoms with E-state index < -0.39 is 17.4 Å². The molecule has 0 aliphatic carbocycles. The predicted molar refractivity (Wildman–Crippen MR) is 125 cm³/mol. The number of carbonyl (C=O) groups is 2. The Kier molecular flexibility index (Phi) is 5.96. The first-order valence-electron chi connectivity index (χ1n) is 10.2. The minimum Gasteiger partial charge on any atom is -0.326 e. The first-order chi connectivity index (χ1) is 15.3. The number of rotatable bonds is 5. The number of hydrogen-bond acceptors (Lipinski definition) is 5. The van der Waals surface area contributed by atoms with E-state index in [0.717, 1.165) is 5.56 Å². The molecule has 0 saturated carbocycles. The molecule has 0 bridgehead atoms. The number of hydrogen-bond donors (Lipinski definition) is 4. The van der Waals surface area contributed by atoms with Crippen LogP contribution in [0.1, 0.15) is 43.2 Å². The Morgan fingerprint density at radius 1 is 1.06 bits per heavy atom. The van der Waals surface area contributed by atoms with Crippen molar-refractivity contribution in [3.63, 3.8) is 0 Å². The zero-order chi connectivity index (χ0) is 22.8. The third-order valence-electron chi connectivity index (χ3n) is 5.22. The number of halogens is 1. The molecule has 0 fully saturated rings. The number of fused-ring (bicyclic) bond motifs is 1. The molecule has 0 spiro atoms. The lowest BCUT2D eigenvalue weighted by Crippen LogP contribution is -2.36. The second-order valence-corrected chi connectivity index (χ2v) is 8.32.